The van der Waals surface area contributed by atoms with Crippen LogP contribution in [0.4, 0.5) is 0 Å². The fourth-order valence-corrected chi connectivity index (χ4v) is 2.24. The largest absolute Gasteiger partial charge is 0.383 e. The summed E-state index contributed by atoms with van der Waals surface area (Å²) >= 11 is 5.19. The summed E-state index contributed by atoms with van der Waals surface area (Å²) < 4.78 is 4.95. The molecule has 0 amide bonds. The molecule has 17 heavy (non-hydrogen) atoms. The fourth-order valence-electron chi connectivity index (χ4n) is 2.06. The monoisotopic (exact) mass is 259 g/mol. The first-order valence-electron chi connectivity index (χ1n) is 6.48. The lowest BCUT2D eigenvalue weighted by Gasteiger charge is -2.32. The summed E-state index contributed by atoms with van der Waals surface area (Å²) in [6.07, 6.45) is 4.05. The van der Waals surface area contributed by atoms with Crippen LogP contribution in [0.1, 0.15) is 26.2 Å². The molecular weight excluding hydrogens is 234 g/mol. The van der Waals surface area contributed by atoms with Gasteiger partial charge >= 0.3 is 0 Å². The Morgan fingerprint density at radius 2 is 2.00 bits per heavy atom. The van der Waals surface area contributed by atoms with E-state index in [1.807, 2.05) is 0 Å². The molecule has 1 rings (SSSR count). The van der Waals surface area contributed by atoms with Crippen molar-refractivity contribution in [2.24, 2.45) is 0 Å². The van der Waals surface area contributed by atoms with E-state index in [1.165, 1.54) is 32.4 Å². The Morgan fingerprint density at radius 3 is 2.65 bits per heavy atom. The Kier molecular flexibility index (Phi) is 7.48. The predicted molar refractivity (Wildman–Crippen MR) is 75.4 cm³/mol. The Morgan fingerprint density at radius 1 is 1.29 bits per heavy atom. The van der Waals surface area contributed by atoms with Crippen molar-refractivity contribution in [2.45, 2.75) is 32.2 Å². The van der Waals surface area contributed by atoms with Gasteiger partial charge in [0.1, 0.15) is 0 Å². The van der Waals surface area contributed by atoms with E-state index in [0.717, 1.165) is 18.2 Å². The minimum Gasteiger partial charge on any atom is -0.383 e. The van der Waals surface area contributed by atoms with Crippen LogP contribution in [0, 0.1) is 0 Å². The predicted octanol–water partition coefficient (Wildman–Crippen LogP) is 0.971. The highest BCUT2D eigenvalue weighted by Crippen LogP contribution is 2.11. The Hall–Kier alpha value is -0.390. The third-order valence-corrected chi connectivity index (χ3v) is 3.45. The molecule has 0 aromatic heterocycles. The van der Waals surface area contributed by atoms with Crippen LogP contribution in [-0.4, -0.2) is 55.9 Å². The molecule has 0 aromatic rings. The van der Waals surface area contributed by atoms with E-state index in [0.29, 0.717) is 12.6 Å². The number of ether oxygens (including phenoxy) is 1. The minimum absolute atomic E-state index is 0.553. The average Bonchev–Trinajstić information content (AvgIpc) is 2.37. The standard InChI is InChI=1S/C12H25N3OS/c1-11(15-7-4-3-5-8-15)10-14-12(17)13-6-9-16-2/h11H,3-10H2,1-2H3,(H2,13,14,17). The van der Waals surface area contributed by atoms with Crippen molar-refractivity contribution >= 4 is 17.3 Å². The SMILES string of the molecule is COCCNC(=S)NCC(C)N1CCCCC1. The number of nitrogens with one attached hydrogen (secondary N) is 2. The van der Waals surface area contributed by atoms with E-state index in [-0.39, 0.29) is 0 Å². The van der Waals surface area contributed by atoms with E-state index in [9.17, 15) is 0 Å². The maximum Gasteiger partial charge on any atom is 0.166 e. The lowest BCUT2D eigenvalue weighted by Crippen LogP contribution is -2.47. The fraction of sp³-hybridized carbons (Fsp3) is 0.917. The van der Waals surface area contributed by atoms with E-state index in [1.54, 1.807) is 7.11 Å². The summed E-state index contributed by atoms with van der Waals surface area (Å²) in [5, 5.41) is 7.11. The third-order valence-electron chi connectivity index (χ3n) is 3.16. The molecule has 1 aliphatic rings. The van der Waals surface area contributed by atoms with E-state index in [2.05, 4.69) is 22.5 Å². The minimum atomic E-state index is 0.553. The zero-order chi connectivity index (χ0) is 12.5. The van der Waals surface area contributed by atoms with Gasteiger partial charge in [0.15, 0.2) is 5.11 Å². The van der Waals surface area contributed by atoms with Crippen LogP contribution in [0.2, 0.25) is 0 Å². The number of hydrogen-bond donors (Lipinski definition) is 2. The Bertz CT molecular complexity index is 220. The molecule has 1 atom stereocenters. The van der Waals surface area contributed by atoms with Gasteiger partial charge in [-0.25, -0.2) is 0 Å². The molecule has 0 aromatic carbocycles. The first-order chi connectivity index (χ1) is 8.24. The molecule has 0 spiro atoms. The number of rotatable bonds is 6. The lowest BCUT2D eigenvalue weighted by atomic mass is 10.1. The summed E-state index contributed by atoms with van der Waals surface area (Å²) in [6.45, 7) is 7.08. The van der Waals surface area contributed by atoms with Crippen molar-refractivity contribution in [3.05, 3.63) is 0 Å². The van der Waals surface area contributed by atoms with Crippen LogP contribution >= 0.6 is 12.2 Å². The molecule has 100 valence electrons. The number of nitrogens with zero attached hydrogens (tertiary/aromatic N) is 1. The molecule has 0 saturated carbocycles. The van der Waals surface area contributed by atoms with Crippen LogP contribution in [0.15, 0.2) is 0 Å². The normalized spacial score (nSPS) is 18.7. The average molecular weight is 259 g/mol. The van der Waals surface area contributed by atoms with Crippen LogP contribution in [0.5, 0.6) is 0 Å². The van der Waals surface area contributed by atoms with Gasteiger partial charge in [-0.3, -0.25) is 4.90 Å². The Balaban J connectivity index is 2.09. The summed E-state index contributed by atoms with van der Waals surface area (Å²) in [5.74, 6) is 0. The summed E-state index contributed by atoms with van der Waals surface area (Å²) in [5.41, 5.74) is 0. The summed E-state index contributed by atoms with van der Waals surface area (Å²) in [4.78, 5) is 2.54. The van der Waals surface area contributed by atoms with Crippen molar-refractivity contribution in [3.8, 4) is 0 Å². The molecule has 2 N–H and O–H groups in total. The number of likely N-dealkylation sites (tertiary alicyclic amines) is 1. The van der Waals surface area contributed by atoms with Gasteiger partial charge in [-0.2, -0.15) is 0 Å². The van der Waals surface area contributed by atoms with E-state index < -0.39 is 0 Å². The van der Waals surface area contributed by atoms with Crippen molar-refractivity contribution in [2.75, 3.05) is 39.9 Å². The van der Waals surface area contributed by atoms with E-state index >= 15 is 0 Å². The van der Waals surface area contributed by atoms with Crippen LogP contribution in [0.25, 0.3) is 0 Å². The quantitative estimate of drug-likeness (QED) is 0.549. The summed E-state index contributed by atoms with van der Waals surface area (Å²) in [7, 11) is 1.69. The molecule has 1 heterocycles. The van der Waals surface area contributed by atoms with Crippen LogP contribution < -0.4 is 10.6 Å². The summed E-state index contributed by atoms with van der Waals surface area (Å²) in [6, 6.07) is 0.553. The van der Waals surface area contributed by atoms with Gasteiger partial charge in [-0.05, 0) is 45.1 Å². The molecule has 4 nitrogen and oxygen atoms in total. The maximum absolute atomic E-state index is 5.19. The van der Waals surface area contributed by atoms with Crippen molar-refractivity contribution in [1.82, 2.24) is 15.5 Å². The molecule has 0 radical (unpaired) electrons. The van der Waals surface area contributed by atoms with Gasteiger partial charge in [0.2, 0.25) is 0 Å². The molecule has 1 saturated heterocycles. The highest BCUT2D eigenvalue weighted by atomic mass is 32.1. The second kappa shape index (κ2) is 8.66. The van der Waals surface area contributed by atoms with Gasteiger partial charge in [0.05, 0.1) is 6.61 Å². The third kappa shape index (κ3) is 6.19. The number of piperidine rings is 1. The zero-order valence-corrected chi connectivity index (χ0v) is 11.8. The lowest BCUT2D eigenvalue weighted by molar-refractivity contribution is 0.174. The van der Waals surface area contributed by atoms with E-state index in [4.69, 9.17) is 17.0 Å². The number of thiocarbonyl (C=S) groups is 1. The molecule has 1 aliphatic heterocycles. The maximum atomic E-state index is 5.19. The van der Waals surface area contributed by atoms with Crippen LogP contribution in [0.3, 0.4) is 0 Å². The molecular formula is C12H25N3OS. The second-order valence-corrected chi connectivity index (χ2v) is 4.98. The molecule has 1 fully saturated rings. The Labute approximate surface area is 110 Å². The topological polar surface area (TPSA) is 36.5 Å². The first-order valence-corrected chi connectivity index (χ1v) is 6.89. The number of hydrogen-bond acceptors (Lipinski definition) is 3. The molecule has 0 bridgehead atoms. The molecule has 1 unspecified atom stereocenters. The highest BCUT2D eigenvalue weighted by molar-refractivity contribution is 7.80. The van der Waals surface area contributed by atoms with Crippen molar-refractivity contribution in [3.63, 3.8) is 0 Å². The van der Waals surface area contributed by atoms with Gasteiger partial charge in [-0.1, -0.05) is 6.42 Å². The smallest absolute Gasteiger partial charge is 0.166 e. The van der Waals surface area contributed by atoms with Gasteiger partial charge in [-0.15, -0.1) is 0 Å². The molecule has 0 aliphatic carbocycles. The number of methoxy groups -OCH3 is 1. The molecule has 5 heteroatoms. The van der Waals surface area contributed by atoms with Gasteiger partial charge in [0, 0.05) is 26.2 Å². The van der Waals surface area contributed by atoms with Crippen LogP contribution in [-0.2, 0) is 4.74 Å². The van der Waals surface area contributed by atoms with Crippen molar-refractivity contribution in [1.29, 1.82) is 0 Å². The van der Waals surface area contributed by atoms with Gasteiger partial charge in [0.25, 0.3) is 0 Å². The van der Waals surface area contributed by atoms with Gasteiger partial charge < -0.3 is 15.4 Å². The second-order valence-electron chi connectivity index (χ2n) is 4.58. The first kappa shape index (κ1) is 14.7. The zero-order valence-electron chi connectivity index (χ0n) is 11.0. The highest BCUT2D eigenvalue weighted by Gasteiger charge is 2.16. The van der Waals surface area contributed by atoms with Crippen molar-refractivity contribution < 1.29 is 4.74 Å².